The fourth-order valence-corrected chi connectivity index (χ4v) is 0.211. The first-order valence-electron chi connectivity index (χ1n) is 1.51. The first-order chi connectivity index (χ1) is 3.30. The highest BCUT2D eigenvalue weighted by Crippen LogP contribution is 1.65. The molecule has 1 aliphatic rings. The second-order valence-electron chi connectivity index (χ2n) is 0.894. The van der Waals surface area contributed by atoms with Crippen LogP contribution in [0.5, 0.6) is 0 Å². The molecular formula is H3N5O2. The molecule has 0 aromatic carbocycles. The van der Waals surface area contributed by atoms with Crippen molar-refractivity contribution >= 4 is 0 Å². The third kappa shape index (κ3) is 0.473. The number of nitrogens with one attached hydrogen (secondary N) is 3. The third-order valence-electron chi connectivity index (χ3n) is 0.468. The smallest absolute Gasteiger partial charge is 0.101 e. The predicted molar refractivity (Wildman–Crippen MR) is 16.7 cm³/mol. The van der Waals surface area contributed by atoms with E-state index in [9.17, 15) is 10.4 Å². The lowest BCUT2D eigenvalue weighted by Crippen LogP contribution is -2.36. The summed E-state index contributed by atoms with van der Waals surface area (Å²) in [4.78, 5) is -0.0833. The maximum absolute atomic E-state index is 9.87. The monoisotopic (exact) mass is 105 g/mol. The molecule has 1 heterocycles. The van der Waals surface area contributed by atoms with Crippen LogP contribution in [-0.2, 0) is 0 Å². The Morgan fingerprint density at radius 2 is 1.43 bits per heavy atom. The zero-order valence-corrected chi connectivity index (χ0v) is 3.21. The lowest BCUT2D eigenvalue weighted by molar-refractivity contribution is -0.991. The maximum atomic E-state index is 9.87. The normalized spacial score (nSPS) is 18.9. The van der Waals surface area contributed by atoms with Crippen LogP contribution < -0.4 is 16.6 Å². The minimum Gasteiger partial charge on any atom is -0.638 e. The van der Waals surface area contributed by atoms with Crippen LogP contribution in [-0.4, -0.2) is 9.94 Å². The van der Waals surface area contributed by atoms with E-state index in [4.69, 9.17) is 0 Å². The Hall–Kier alpha value is -1.24. The van der Waals surface area contributed by atoms with Crippen LogP contribution in [0.1, 0.15) is 0 Å². The van der Waals surface area contributed by atoms with Gasteiger partial charge in [0, 0.05) is 0 Å². The molecule has 0 radical (unpaired) electrons. The highest BCUT2D eigenvalue weighted by molar-refractivity contribution is 3.99. The van der Waals surface area contributed by atoms with Crippen molar-refractivity contribution in [1.82, 2.24) is 16.6 Å². The van der Waals surface area contributed by atoms with E-state index < -0.39 is 0 Å². The van der Waals surface area contributed by atoms with Crippen LogP contribution in [0.4, 0.5) is 0 Å². The molecule has 0 bridgehead atoms. The number of hydrogen-bond acceptors (Lipinski definition) is 5. The molecule has 0 unspecified atom stereocenters. The molecule has 1 rings (SSSR count). The van der Waals surface area contributed by atoms with Gasteiger partial charge in [-0.05, 0) is 11.1 Å². The van der Waals surface area contributed by atoms with E-state index >= 15 is 0 Å². The topological polar surface area (TPSA) is 88.2 Å². The van der Waals surface area contributed by atoms with E-state index in [-0.39, 0.29) is 9.94 Å². The largest absolute Gasteiger partial charge is 0.638 e. The number of rotatable bonds is 0. The lowest BCUT2D eigenvalue weighted by Gasteiger charge is -1.91. The van der Waals surface area contributed by atoms with Crippen molar-refractivity contribution in [2.24, 2.45) is 0 Å². The minimum atomic E-state index is -0.0417. The Balaban J connectivity index is 2.64. The van der Waals surface area contributed by atoms with Gasteiger partial charge in [0.05, 0.1) is 5.53 Å². The van der Waals surface area contributed by atoms with Crippen molar-refractivity contribution in [3.8, 4) is 0 Å². The number of nitrogens with zero attached hydrogens (tertiary/aromatic N) is 2. The van der Waals surface area contributed by atoms with E-state index in [1.807, 2.05) is 16.6 Å². The third-order valence-corrected chi connectivity index (χ3v) is 0.468. The average molecular weight is 105 g/mol. The average Bonchev–Trinajstić information content (AvgIpc) is 1.91. The first-order valence-corrected chi connectivity index (χ1v) is 1.51. The second-order valence-corrected chi connectivity index (χ2v) is 0.894. The fraction of sp³-hybridized carbons (Fsp3) is 0. The summed E-state index contributed by atoms with van der Waals surface area (Å²) in [5.74, 6) is 0. The molecular weight excluding hydrogens is 102 g/mol. The summed E-state index contributed by atoms with van der Waals surface area (Å²) in [6.45, 7) is 0. The number of hydrazine groups is 4. The summed E-state index contributed by atoms with van der Waals surface area (Å²) in [6, 6.07) is 0. The Bertz CT molecular complexity index is 92.6. The van der Waals surface area contributed by atoms with Crippen LogP contribution in [0.2, 0.25) is 0 Å². The molecule has 0 saturated heterocycles. The number of hydrogen-bond donors (Lipinski definition) is 3. The lowest BCUT2D eigenvalue weighted by atomic mass is 12.3. The summed E-state index contributed by atoms with van der Waals surface area (Å²) < 4.78 is 0. The molecule has 0 aromatic heterocycles. The molecule has 0 fully saturated rings. The molecule has 0 atom stereocenters. The molecule has 0 aromatic rings. The first kappa shape index (κ1) is 3.93. The van der Waals surface area contributed by atoms with Crippen LogP contribution in [0.15, 0.2) is 0 Å². The van der Waals surface area contributed by atoms with Crippen molar-refractivity contribution in [1.29, 1.82) is 0 Å². The van der Waals surface area contributed by atoms with Crippen molar-refractivity contribution < 1.29 is 9.94 Å². The maximum Gasteiger partial charge on any atom is 0.101 e. The highest BCUT2D eigenvalue weighted by atomic mass is 16.7. The van der Waals surface area contributed by atoms with Crippen LogP contribution in [0.25, 0.3) is 0 Å². The van der Waals surface area contributed by atoms with Crippen LogP contribution >= 0.6 is 0 Å². The molecule has 0 saturated carbocycles. The molecule has 1 aliphatic heterocycles. The quantitative estimate of drug-likeness (QED) is 0.242. The molecule has 3 N–H and O–H groups in total. The molecule has 7 nitrogen and oxygen atoms in total. The molecule has 0 aliphatic carbocycles. The molecule has 7 heteroatoms. The highest BCUT2D eigenvalue weighted by Gasteiger charge is 2.09. The molecule has 0 spiro atoms. The van der Waals surface area contributed by atoms with Gasteiger partial charge < -0.3 is 10.4 Å². The predicted octanol–water partition coefficient (Wildman–Crippen LogP) is -2.10. The van der Waals surface area contributed by atoms with Gasteiger partial charge in [-0.25, -0.2) is 0 Å². The van der Waals surface area contributed by atoms with Gasteiger partial charge in [-0.15, -0.1) is 0 Å². The van der Waals surface area contributed by atoms with Gasteiger partial charge in [-0.2, -0.15) is 0 Å². The van der Waals surface area contributed by atoms with Gasteiger partial charge in [-0.1, -0.05) is 0 Å². The summed E-state index contributed by atoms with van der Waals surface area (Å²) in [7, 11) is 0. The summed E-state index contributed by atoms with van der Waals surface area (Å²) in [6.07, 6.45) is 0. The van der Waals surface area contributed by atoms with E-state index in [0.717, 1.165) is 0 Å². The fourth-order valence-electron chi connectivity index (χ4n) is 0.211. The standard InChI is InChI=1S/H3N5O2/c6-4-2-1-3-5(4)7/h1-3H. The SMILES string of the molecule is [O-][N+]1=[N+]([O-])NNN1. The van der Waals surface area contributed by atoms with E-state index in [1.54, 1.807) is 0 Å². The van der Waals surface area contributed by atoms with E-state index in [2.05, 4.69) is 0 Å². The molecule has 40 valence electrons. The molecule has 7 heavy (non-hydrogen) atoms. The van der Waals surface area contributed by atoms with Gasteiger partial charge in [0.1, 0.15) is 9.94 Å². The van der Waals surface area contributed by atoms with E-state index in [0.29, 0.717) is 0 Å². The van der Waals surface area contributed by atoms with Crippen LogP contribution in [0, 0.1) is 10.4 Å². The zero-order chi connectivity index (χ0) is 5.28. The van der Waals surface area contributed by atoms with E-state index in [1.165, 1.54) is 0 Å². The van der Waals surface area contributed by atoms with Gasteiger partial charge in [0.15, 0.2) is 0 Å². The van der Waals surface area contributed by atoms with Crippen LogP contribution in [0.3, 0.4) is 0 Å². The summed E-state index contributed by atoms with van der Waals surface area (Å²) in [5, 5.41) is 19.7. The summed E-state index contributed by atoms with van der Waals surface area (Å²) >= 11 is 0. The van der Waals surface area contributed by atoms with Crippen molar-refractivity contribution in [2.45, 2.75) is 0 Å². The van der Waals surface area contributed by atoms with Gasteiger partial charge in [0.25, 0.3) is 0 Å². The van der Waals surface area contributed by atoms with Crippen molar-refractivity contribution in [2.75, 3.05) is 0 Å². The Labute approximate surface area is 38.3 Å². The Morgan fingerprint density at radius 3 is 1.57 bits per heavy atom. The van der Waals surface area contributed by atoms with Crippen molar-refractivity contribution in [3.63, 3.8) is 0 Å². The summed E-state index contributed by atoms with van der Waals surface area (Å²) in [5.41, 5.74) is 5.85. The van der Waals surface area contributed by atoms with Gasteiger partial charge in [0.2, 0.25) is 0 Å². The Kier molecular flexibility index (Phi) is 0.628. The Morgan fingerprint density at radius 1 is 1.00 bits per heavy atom. The molecule has 0 amide bonds. The second kappa shape index (κ2) is 1.12. The van der Waals surface area contributed by atoms with Crippen molar-refractivity contribution in [3.05, 3.63) is 10.4 Å². The van der Waals surface area contributed by atoms with Gasteiger partial charge >= 0.3 is 0 Å². The zero-order valence-electron chi connectivity index (χ0n) is 3.21. The minimum absolute atomic E-state index is 0.0417. The van der Waals surface area contributed by atoms with Gasteiger partial charge in [-0.3, -0.25) is 0 Å².